The van der Waals surface area contributed by atoms with Crippen LogP contribution in [0.3, 0.4) is 0 Å². The Bertz CT molecular complexity index is 683. The number of methoxy groups -OCH3 is 1. The highest BCUT2D eigenvalue weighted by atomic mass is 16.5. The van der Waals surface area contributed by atoms with Crippen molar-refractivity contribution in [3.05, 3.63) is 60.2 Å². The van der Waals surface area contributed by atoms with E-state index in [0.717, 1.165) is 16.7 Å². The molecule has 1 amide bonds. The molecule has 2 aromatic carbocycles. The number of rotatable bonds is 8. The van der Waals surface area contributed by atoms with E-state index in [9.17, 15) is 9.59 Å². The van der Waals surface area contributed by atoms with Crippen molar-refractivity contribution >= 4 is 11.9 Å². The van der Waals surface area contributed by atoms with Crippen molar-refractivity contribution < 1.29 is 19.1 Å². The van der Waals surface area contributed by atoms with E-state index in [-0.39, 0.29) is 12.5 Å². The standard InChI is InChI=1S/C20H23NO4/c1-3-25-14-19(22)21-18(20(23)24-2)13-15-9-11-17(12-10-15)16-7-5-4-6-8-16/h4-12,18H,3,13-14H2,1-2H3,(H,21,22)/t18-/m0/s1. The van der Waals surface area contributed by atoms with Gasteiger partial charge in [-0.25, -0.2) is 4.79 Å². The molecule has 0 aromatic heterocycles. The SMILES string of the molecule is CCOCC(=O)N[C@@H](Cc1ccc(-c2ccccc2)cc1)C(=O)OC. The molecule has 0 heterocycles. The van der Waals surface area contributed by atoms with E-state index in [1.807, 2.05) is 54.6 Å². The summed E-state index contributed by atoms with van der Waals surface area (Å²) in [5, 5.41) is 2.66. The Kier molecular flexibility index (Phi) is 7.16. The Labute approximate surface area is 148 Å². The molecule has 0 saturated heterocycles. The van der Waals surface area contributed by atoms with Crippen molar-refractivity contribution in [3.63, 3.8) is 0 Å². The molecule has 0 aliphatic rings. The summed E-state index contributed by atoms with van der Waals surface area (Å²) in [6.45, 7) is 2.17. The molecular weight excluding hydrogens is 318 g/mol. The number of nitrogens with one attached hydrogen (secondary N) is 1. The second-order valence-electron chi connectivity index (χ2n) is 5.55. The van der Waals surface area contributed by atoms with Crippen molar-refractivity contribution in [3.8, 4) is 11.1 Å². The zero-order valence-corrected chi connectivity index (χ0v) is 14.5. The van der Waals surface area contributed by atoms with Gasteiger partial charge >= 0.3 is 5.97 Å². The number of esters is 1. The van der Waals surface area contributed by atoms with Gasteiger partial charge in [0, 0.05) is 13.0 Å². The topological polar surface area (TPSA) is 64.6 Å². The largest absolute Gasteiger partial charge is 0.467 e. The highest BCUT2D eigenvalue weighted by Crippen LogP contribution is 2.19. The van der Waals surface area contributed by atoms with Gasteiger partial charge < -0.3 is 14.8 Å². The molecule has 25 heavy (non-hydrogen) atoms. The average molecular weight is 341 g/mol. The van der Waals surface area contributed by atoms with Crippen LogP contribution in [0.2, 0.25) is 0 Å². The van der Waals surface area contributed by atoms with E-state index in [0.29, 0.717) is 13.0 Å². The van der Waals surface area contributed by atoms with E-state index in [1.165, 1.54) is 7.11 Å². The number of amides is 1. The first-order valence-electron chi connectivity index (χ1n) is 8.23. The number of hydrogen-bond acceptors (Lipinski definition) is 4. The minimum absolute atomic E-state index is 0.0725. The number of carbonyl (C=O) groups excluding carboxylic acids is 2. The minimum atomic E-state index is -0.736. The number of ether oxygens (including phenoxy) is 2. The summed E-state index contributed by atoms with van der Waals surface area (Å²) in [5.41, 5.74) is 3.16. The van der Waals surface area contributed by atoms with E-state index < -0.39 is 12.0 Å². The molecule has 0 saturated carbocycles. The van der Waals surface area contributed by atoms with Gasteiger partial charge in [-0.2, -0.15) is 0 Å². The zero-order valence-electron chi connectivity index (χ0n) is 14.5. The molecule has 0 spiro atoms. The van der Waals surface area contributed by atoms with Crippen molar-refractivity contribution in [1.29, 1.82) is 0 Å². The summed E-state index contributed by atoms with van der Waals surface area (Å²) in [6.07, 6.45) is 0.361. The van der Waals surface area contributed by atoms with Crippen molar-refractivity contribution in [2.45, 2.75) is 19.4 Å². The van der Waals surface area contributed by atoms with Gasteiger partial charge in [0.25, 0.3) is 0 Å². The summed E-state index contributed by atoms with van der Waals surface area (Å²) in [5.74, 6) is -0.810. The minimum Gasteiger partial charge on any atom is -0.467 e. The van der Waals surface area contributed by atoms with Crippen molar-refractivity contribution in [1.82, 2.24) is 5.32 Å². The molecule has 0 aliphatic heterocycles. The van der Waals surface area contributed by atoms with Crippen LogP contribution in [0, 0.1) is 0 Å². The molecular formula is C20H23NO4. The monoisotopic (exact) mass is 341 g/mol. The first-order valence-corrected chi connectivity index (χ1v) is 8.23. The summed E-state index contributed by atoms with van der Waals surface area (Å²) < 4.78 is 9.85. The Morgan fingerprint density at radius 3 is 2.24 bits per heavy atom. The van der Waals surface area contributed by atoms with Crippen LogP contribution < -0.4 is 5.32 Å². The lowest BCUT2D eigenvalue weighted by molar-refractivity contribution is -0.145. The summed E-state index contributed by atoms with van der Waals surface area (Å²) in [7, 11) is 1.31. The van der Waals surface area contributed by atoms with Crippen LogP contribution in [0.5, 0.6) is 0 Å². The summed E-state index contributed by atoms with van der Waals surface area (Å²) >= 11 is 0. The Morgan fingerprint density at radius 2 is 1.64 bits per heavy atom. The van der Waals surface area contributed by atoms with Crippen molar-refractivity contribution in [2.75, 3.05) is 20.3 Å². The number of benzene rings is 2. The van der Waals surface area contributed by atoms with Gasteiger partial charge in [0.1, 0.15) is 12.6 Å². The third kappa shape index (κ3) is 5.72. The highest BCUT2D eigenvalue weighted by molar-refractivity contribution is 5.85. The lowest BCUT2D eigenvalue weighted by Gasteiger charge is -2.17. The normalized spacial score (nSPS) is 11.6. The number of hydrogen-bond donors (Lipinski definition) is 1. The third-order valence-corrected chi connectivity index (χ3v) is 3.76. The van der Waals surface area contributed by atoms with Gasteiger partial charge in [-0.1, -0.05) is 54.6 Å². The molecule has 0 aliphatic carbocycles. The lowest BCUT2D eigenvalue weighted by Crippen LogP contribution is -2.44. The van der Waals surface area contributed by atoms with Gasteiger partial charge in [0.2, 0.25) is 5.91 Å². The molecule has 0 radical (unpaired) electrons. The molecule has 2 aromatic rings. The fraction of sp³-hybridized carbons (Fsp3) is 0.300. The molecule has 0 bridgehead atoms. The van der Waals surface area contributed by atoms with Crippen LogP contribution in [-0.2, 0) is 25.5 Å². The van der Waals surface area contributed by atoms with Gasteiger partial charge in [-0.3, -0.25) is 4.79 Å². The molecule has 0 unspecified atom stereocenters. The Balaban J connectivity index is 2.05. The van der Waals surface area contributed by atoms with E-state index >= 15 is 0 Å². The van der Waals surface area contributed by atoms with Crippen LogP contribution in [-0.4, -0.2) is 38.2 Å². The van der Waals surface area contributed by atoms with Crippen molar-refractivity contribution in [2.24, 2.45) is 0 Å². The second kappa shape index (κ2) is 9.59. The van der Waals surface area contributed by atoms with Crippen LogP contribution in [0.4, 0.5) is 0 Å². The van der Waals surface area contributed by atoms with Gasteiger partial charge in [-0.05, 0) is 23.6 Å². The molecule has 0 fully saturated rings. The molecule has 5 heteroatoms. The van der Waals surface area contributed by atoms with Crippen LogP contribution in [0.15, 0.2) is 54.6 Å². The summed E-state index contributed by atoms with van der Waals surface area (Å²) in [4.78, 5) is 23.8. The zero-order chi connectivity index (χ0) is 18.1. The second-order valence-corrected chi connectivity index (χ2v) is 5.55. The Morgan fingerprint density at radius 1 is 1.00 bits per heavy atom. The van der Waals surface area contributed by atoms with E-state index in [2.05, 4.69) is 5.32 Å². The smallest absolute Gasteiger partial charge is 0.328 e. The van der Waals surface area contributed by atoms with Gasteiger partial charge in [0.05, 0.1) is 7.11 Å². The van der Waals surface area contributed by atoms with E-state index in [4.69, 9.17) is 9.47 Å². The molecule has 2 rings (SSSR count). The maximum Gasteiger partial charge on any atom is 0.328 e. The number of carbonyl (C=O) groups is 2. The predicted molar refractivity (Wildman–Crippen MR) is 96.0 cm³/mol. The fourth-order valence-corrected chi connectivity index (χ4v) is 2.47. The highest BCUT2D eigenvalue weighted by Gasteiger charge is 2.21. The quantitative estimate of drug-likeness (QED) is 0.750. The third-order valence-electron chi connectivity index (χ3n) is 3.76. The first-order chi connectivity index (χ1) is 12.1. The maximum atomic E-state index is 11.9. The Hall–Kier alpha value is -2.66. The molecule has 1 atom stereocenters. The maximum absolute atomic E-state index is 11.9. The fourth-order valence-electron chi connectivity index (χ4n) is 2.47. The van der Waals surface area contributed by atoms with Crippen LogP contribution >= 0.6 is 0 Å². The van der Waals surface area contributed by atoms with Crippen LogP contribution in [0.1, 0.15) is 12.5 Å². The van der Waals surface area contributed by atoms with Crippen LogP contribution in [0.25, 0.3) is 11.1 Å². The average Bonchev–Trinajstić information content (AvgIpc) is 2.66. The van der Waals surface area contributed by atoms with E-state index in [1.54, 1.807) is 6.92 Å². The first kappa shape index (κ1) is 18.7. The summed E-state index contributed by atoms with van der Waals surface area (Å²) in [6, 6.07) is 17.2. The van der Waals surface area contributed by atoms with Gasteiger partial charge in [-0.15, -0.1) is 0 Å². The molecule has 5 nitrogen and oxygen atoms in total. The molecule has 1 N–H and O–H groups in total. The lowest BCUT2D eigenvalue weighted by atomic mass is 10.0. The molecule has 132 valence electrons. The van der Waals surface area contributed by atoms with Gasteiger partial charge in [0.15, 0.2) is 0 Å². The predicted octanol–water partition coefficient (Wildman–Crippen LogP) is 2.59.